The van der Waals surface area contributed by atoms with Gasteiger partial charge >= 0.3 is 0 Å². The predicted octanol–water partition coefficient (Wildman–Crippen LogP) is 5.38. The summed E-state index contributed by atoms with van der Waals surface area (Å²) in [6.45, 7) is 2.21. The SMILES string of the molecule is CCC(Cc1ccccc1)Nc1ccc(Cl)cc1I. The molecule has 0 amide bonds. The molecule has 3 heteroatoms. The predicted molar refractivity (Wildman–Crippen MR) is 92.0 cm³/mol. The number of benzene rings is 2. The maximum atomic E-state index is 5.98. The summed E-state index contributed by atoms with van der Waals surface area (Å²) in [5.41, 5.74) is 2.53. The van der Waals surface area contributed by atoms with E-state index in [2.05, 4.69) is 71.2 Å². The van der Waals surface area contributed by atoms with Crippen LogP contribution in [0.3, 0.4) is 0 Å². The van der Waals surface area contributed by atoms with Crippen LogP contribution in [0.1, 0.15) is 18.9 Å². The summed E-state index contributed by atoms with van der Waals surface area (Å²) in [5, 5.41) is 4.39. The van der Waals surface area contributed by atoms with Gasteiger partial charge in [-0.25, -0.2) is 0 Å². The van der Waals surface area contributed by atoms with Crippen molar-refractivity contribution in [3.05, 3.63) is 62.7 Å². The third kappa shape index (κ3) is 4.39. The summed E-state index contributed by atoms with van der Waals surface area (Å²) >= 11 is 8.30. The van der Waals surface area contributed by atoms with Gasteiger partial charge in [0.15, 0.2) is 0 Å². The molecular weight excluding hydrogens is 369 g/mol. The Balaban J connectivity index is 2.06. The van der Waals surface area contributed by atoms with Crippen molar-refractivity contribution in [2.24, 2.45) is 0 Å². The standard InChI is InChI=1S/C16H17ClIN/c1-2-14(10-12-6-4-3-5-7-12)19-16-9-8-13(17)11-15(16)18/h3-9,11,14,19H,2,10H2,1H3. The molecule has 0 aliphatic rings. The van der Waals surface area contributed by atoms with E-state index in [1.165, 1.54) is 5.56 Å². The first-order valence-corrected chi connectivity index (χ1v) is 7.90. The van der Waals surface area contributed by atoms with Gasteiger partial charge in [0, 0.05) is 20.3 Å². The minimum absolute atomic E-state index is 0.442. The summed E-state index contributed by atoms with van der Waals surface area (Å²) in [6, 6.07) is 17.0. The van der Waals surface area contributed by atoms with E-state index in [4.69, 9.17) is 11.6 Å². The van der Waals surface area contributed by atoms with E-state index in [0.717, 1.165) is 27.1 Å². The average Bonchev–Trinajstić information content (AvgIpc) is 2.42. The van der Waals surface area contributed by atoms with Crippen LogP contribution in [-0.2, 0) is 6.42 Å². The molecule has 1 atom stereocenters. The third-order valence-electron chi connectivity index (χ3n) is 3.11. The maximum Gasteiger partial charge on any atom is 0.0479 e. The fraction of sp³-hybridized carbons (Fsp3) is 0.250. The van der Waals surface area contributed by atoms with Crippen molar-refractivity contribution in [3.8, 4) is 0 Å². The fourth-order valence-corrected chi connectivity index (χ4v) is 3.05. The first-order valence-electron chi connectivity index (χ1n) is 6.44. The molecule has 2 aromatic carbocycles. The van der Waals surface area contributed by atoms with Gasteiger partial charge in [-0.1, -0.05) is 48.9 Å². The lowest BCUT2D eigenvalue weighted by molar-refractivity contribution is 0.690. The molecule has 0 fully saturated rings. The van der Waals surface area contributed by atoms with Crippen molar-refractivity contribution < 1.29 is 0 Å². The van der Waals surface area contributed by atoms with Crippen LogP contribution in [0.2, 0.25) is 5.02 Å². The highest BCUT2D eigenvalue weighted by Gasteiger charge is 2.09. The first kappa shape index (κ1) is 14.7. The van der Waals surface area contributed by atoms with Gasteiger partial charge in [-0.2, -0.15) is 0 Å². The molecule has 2 rings (SSSR count). The van der Waals surface area contributed by atoms with Crippen LogP contribution >= 0.6 is 34.2 Å². The molecule has 0 spiro atoms. The zero-order valence-corrected chi connectivity index (χ0v) is 13.8. The molecule has 0 heterocycles. The number of rotatable bonds is 5. The molecule has 100 valence electrons. The van der Waals surface area contributed by atoms with Crippen LogP contribution in [0.15, 0.2) is 48.5 Å². The van der Waals surface area contributed by atoms with Crippen molar-refractivity contribution in [1.29, 1.82) is 0 Å². The van der Waals surface area contributed by atoms with Crippen LogP contribution in [0.25, 0.3) is 0 Å². The molecule has 0 bridgehead atoms. The van der Waals surface area contributed by atoms with Gasteiger partial charge < -0.3 is 5.32 Å². The molecule has 0 aliphatic heterocycles. The number of halogens is 2. The van der Waals surface area contributed by atoms with Crippen molar-refractivity contribution in [1.82, 2.24) is 0 Å². The molecule has 1 N–H and O–H groups in total. The Hall–Kier alpha value is -0.740. The van der Waals surface area contributed by atoms with Gasteiger partial charge in [0.25, 0.3) is 0 Å². The second-order valence-electron chi connectivity index (χ2n) is 4.56. The summed E-state index contributed by atoms with van der Waals surface area (Å²) in [5.74, 6) is 0. The topological polar surface area (TPSA) is 12.0 Å². The van der Waals surface area contributed by atoms with Gasteiger partial charge in [0.1, 0.15) is 0 Å². The molecular formula is C16H17ClIN. The van der Waals surface area contributed by atoms with Crippen LogP contribution in [0.4, 0.5) is 5.69 Å². The van der Waals surface area contributed by atoms with Crippen molar-refractivity contribution in [2.45, 2.75) is 25.8 Å². The Morgan fingerprint density at radius 2 is 1.89 bits per heavy atom. The molecule has 19 heavy (non-hydrogen) atoms. The minimum atomic E-state index is 0.442. The number of anilines is 1. The summed E-state index contributed by atoms with van der Waals surface area (Å²) in [7, 11) is 0. The van der Waals surface area contributed by atoms with E-state index >= 15 is 0 Å². The zero-order chi connectivity index (χ0) is 13.7. The molecule has 2 aromatic rings. The van der Waals surface area contributed by atoms with Gasteiger partial charge in [0.05, 0.1) is 0 Å². The van der Waals surface area contributed by atoms with E-state index in [1.807, 2.05) is 12.1 Å². The Morgan fingerprint density at radius 3 is 2.53 bits per heavy atom. The lowest BCUT2D eigenvalue weighted by Gasteiger charge is -2.19. The Kier molecular flexibility index (Phi) is 5.52. The van der Waals surface area contributed by atoms with E-state index in [0.29, 0.717) is 6.04 Å². The minimum Gasteiger partial charge on any atom is -0.381 e. The fourth-order valence-electron chi connectivity index (χ4n) is 2.02. The zero-order valence-electron chi connectivity index (χ0n) is 10.9. The van der Waals surface area contributed by atoms with Crippen LogP contribution in [0, 0.1) is 3.57 Å². The quantitative estimate of drug-likeness (QED) is 0.682. The molecule has 0 aliphatic carbocycles. The highest BCUT2D eigenvalue weighted by Crippen LogP contribution is 2.24. The van der Waals surface area contributed by atoms with Crippen molar-refractivity contribution >= 4 is 39.9 Å². The second kappa shape index (κ2) is 7.15. The highest BCUT2D eigenvalue weighted by atomic mass is 127. The second-order valence-corrected chi connectivity index (χ2v) is 6.16. The third-order valence-corrected chi connectivity index (χ3v) is 4.24. The van der Waals surface area contributed by atoms with Gasteiger partial charge in [-0.15, -0.1) is 0 Å². The molecule has 0 aromatic heterocycles. The summed E-state index contributed by atoms with van der Waals surface area (Å²) in [4.78, 5) is 0. The van der Waals surface area contributed by atoms with Crippen molar-refractivity contribution in [2.75, 3.05) is 5.32 Å². The van der Waals surface area contributed by atoms with Crippen LogP contribution < -0.4 is 5.32 Å². The van der Waals surface area contributed by atoms with E-state index < -0.39 is 0 Å². The largest absolute Gasteiger partial charge is 0.381 e. The molecule has 1 unspecified atom stereocenters. The normalized spacial score (nSPS) is 12.2. The smallest absolute Gasteiger partial charge is 0.0479 e. The van der Waals surface area contributed by atoms with Crippen molar-refractivity contribution in [3.63, 3.8) is 0 Å². The summed E-state index contributed by atoms with van der Waals surface area (Å²) in [6.07, 6.45) is 2.13. The van der Waals surface area contributed by atoms with Crippen LogP contribution in [0.5, 0.6) is 0 Å². The number of hydrogen-bond acceptors (Lipinski definition) is 1. The van der Waals surface area contributed by atoms with E-state index in [1.54, 1.807) is 0 Å². The molecule has 0 saturated carbocycles. The molecule has 1 nitrogen and oxygen atoms in total. The highest BCUT2D eigenvalue weighted by molar-refractivity contribution is 14.1. The van der Waals surface area contributed by atoms with E-state index in [9.17, 15) is 0 Å². The van der Waals surface area contributed by atoms with Gasteiger partial charge in [0.2, 0.25) is 0 Å². The molecule has 0 radical (unpaired) electrons. The lowest BCUT2D eigenvalue weighted by Crippen LogP contribution is -2.21. The van der Waals surface area contributed by atoms with Crippen LogP contribution in [-0.4, -0.2) is 6.04 Å². The molecule has 0 saturated heterocycles. The van der Waals surface area contributed by atoms with Gasteiger partial charge in [-0.3, -0.25) is 0 Å². The monoisotopic (exact) mass is 385 g/mol. The van der Waals surface area contributed by atoms with Gasteiger partial charge in [-0.05, 0) is 59.2 Å². The Morgan fingerprint density at radius 1 is 1.16 bits per heavy atom. The first-order chi connectivity index (χ1) is 9.19. The number of nitrogens with one attached hydrogen (secondary N) is 1. The average molecular weight is 386 g/mol. The lowest BCUT2D eigenvalue weighted by atomic mass is 10.0. The Bertz CT molecular complexity index is 528. The summed E-state index contributed by atoms with van der Waals surface area (Å²) < 4.78 is 1.16. The van der Waals surface area contributed by atoms with E-state index in [-0.39, 0.29) is 0 Å². The maximum absolute atomic E-state index is 5.98. The Labute approximate surface area is 133 Å². The number of hydrogen-bond donors (Lipinski definition) is 1.